The molecule has 1 aromatic carbocycles. The molecule has 4 rings (SSSR count). The smallest absolute Gasteiger partial charge is 0.294 e. The maximum absolute atomic E-state index is 11.9. The Morgan fingerprint density at radius 3 is 2.57 bits per heavy atom. The van der Waals surface area contributed by atoms with E-state index in [1.165, 1.54) is 6.07 Å². The first-order chi connectivity index (χ1) is 17.6. The van der Waals surface area contributed by atoms with Crippen molar-refractivity contribution in [2.75, 3.05) is 11.9 Å². The Morgan fingerprint density at radius 1 is 1.14 bits per heavy atom. The average Bonchev–Trinajstić information content (AvgIpc) is 3.49. The summed E-state index contributed by atoms with van der Waals surface area (Å²) in [7, 11) is -1.16. The highest BCUT2D eigenvalue weighted by atomic mass is 28.3. The van der Waals surface area contributed by atoms with Gasteiger partial charge in [0.1, 0.15) is 17.1 Å². The predicted octanol–water partition coefficient (Wildman–Crippen LogP) is 6.64. The number of rotatable bonds is 11. The largest absolute Gasteiger partial charge is 0.478 e. The molecular weight excluding hydrogens is 486 g/mol. The summed E-state index contributed by atoms with van der Waals surface area (Å²) in [5.41, 5.74) is 3.48. The lowest BCUT2D eigenvalue weighted by Gasteiger charge is -2.15. The van der Waals surface area contributed by atoms with Gasteiger partial charge in [-0.1, -0.05) is 32.6 Å². The molecule has 0 saturated carbocycles. The first kappa shape index (κ1) is 26.1. The van der Waals surface area contributed by atoms with Gasteiger partial charge in [-0.15, -0.1) is 0 Å². The van der Waals surface area contributed by atoms with E-state index in [0.717, 1.165) is 35.2 Å². The number of nitrogens with zero attached hydrogens (tertiary/aromatic N) is 4. The van der Waals surface area contributed by atoms with E-state index >= 15 is 0 Å². The van der Waals surface area contributed by atoms with Crippen LogP contribution in [-0.2, 0) is 13.0 Å². The van der Waals surface area contributed by atoms with Crippen molar-refractivity contribution >= 4 is 19.4 Å². The summed E-state index contributed by atoms with van der Waals surface area (Å²) in [6.07, 6.45) is 2.46. The Kier molecular flexibility index (Phi) is 7.77. The Bertz CT molecular complexity index is 1370. The number of hydrogen-bond donors (Lipinski definition) is 1. The molecule has 4 aromatic rings. The zero-order valence-corrected chi connectivity index (χ0v) is 22.9. The molecule has 0 spiro atoms. The van der Waals surface area contributed by atoms with Crippen LogP contribution in [0.15, 0.2) is 59.1 Å². The second kappa shape index (κ2) is 11.0. The molecule has 0 saturated heterocycles. The summed E-state index contributed by atoms with van der Waals surface area (Å²) in [5, 5.41) is 19.8. The molecule has 10 heteroatoms. The first-order valence-corrected chi connectivity index (χ1v) is 16.1. The Labute approximate surface area is 217 Å². The summed E-state index contributed by atoms with van der Waals surface area (Å²) in [4.78, 5) is 15.9. The van der Waals surface area contributed by atoms with Crippen molar-refractivity contribution in [3.05, 3.63) is 81.9 Å². The molecule has 9 nitrogen and oxygen atoms in total. The molecule has 0 fully saturated rings. The van der Waals surface area contributed by atoms with Gasteiger partial charge in [-0.05, 0) is 55.3 Å². The number of furan rings is 1. The van der Waals surface area contributed by atoms with Crippen LogP contribution in [0.3, 0.4) is 0 Å². The van der Waals surface area contributed by atoms with Crippen LogP contribution in [0, 0.1) is 17.0 Å². The fourth-order valence-corrected chi connectivity index (χ4v) is 4.47. The molecule has 0 bridgehead atoms. The quantitative estimate of drug-likeness (QED) is 0.134. The highest BCUT2D eigenvalue weighted by Crippen LogP contribution is 2.31. The van der Waals surface area contributed by atoms with E-state index in [4.69, 9.17) is 9.15 Å². The number of nitrogens with one attached hydrogen (secondary N) is 1. The van der Waals surface area contributed by atoms with Gasteiger partial charge in [-0.25, -0.2) is 9.67 Å². The van der Waals surface area contributed by atoms with E-state index in [-0.39, 0.29) is 10.6 Å². The van der Waals surface area contributed by atoms with Gasteiger partial charge in [0.05, 0.1) is 22.9 Å². The molecule has 0 aliphatic heterocycles. The Hall–Kier alpha value is -3.92. The standard InChI is InChI=1S/C27H33N5O4Si/c1-6-21-15-25(26-11-7-19(2)36-26)31(30-21)22-9-10-23(24(16-22)32(33)34)28-17-20-8-12-27(29-18-20)35-13-14-37(3,4)5/h7-12,15-16,18,28H,6,13-14,17H2,1-5H3. The molecule has 0 aliphatic carbocycles. The lowest BCUT2D eigenvalue weighted by molar-refractivity contribution is -0.383. The second-order valence-corrected chi connectivity index (χ2v) is 15.8. The fourth-order valence-electron chi connectivity index (χ4n) is 3.76. The van der Waals surface area contributed by atoms with Gasteiger partial charge in [-0.3, -0.25) is 10.1 Å². The normalized spacial score (nSPS) is 11.5. The zero-order valence-electron chi connectivity index (χ0n) is 21.9. The van der Waals surface area contributed by atoms with Gasteiger partial charge in [0.25, 0.3) is 5.69 Å². The van der Waals surface area contributed by atoms with E-state index in [1.54, 1.807) is 16.9 Å². The molecule has 37 heavy (non-hydrogen) atoms. The van der Waals surface area contributed by atoms with Crippen LogP contribution >= 0.6 is 0 Å². The van der Waals surface area contributed by atoms with Gasteiger partial charge in [0, 0.05) is 32.9 Å². The Morgan fingerprint density at radius 2 is 1.95 bits per heavy atom. The van der Waals surface area contributed by atoms with Crippen LogP contribution in [0.25, 0.3) is 17.1 Å². The zero-order chi connectivity index (χ0) is 26.6. The Balaban J connectivity index is 1.51. The molecular formula is C27H33N5O4Si. The molecule has 1 N–H and O–H groups in total. The molecule has 194 valence electrons. The summed E-state index contributed by atoms with van der Waals surface area (Å²) in [6.45, 7) is 11.9. The van der Waals surface area contributed by atoms with Crippen LogP contribution in [0.1, 0.15) is 23.9 Å². The lowest BCUT2D eigenvalue weighted by Crippen LogP contribution is -2.22. The van der Waals surface area contributed by atoms with Gasteiger partial charge in [0.15, 0.2) is 5.76 Å². The number of pyridine rings is 1. The van der Waals surface area contributed by atoms with E-state index in [0.29, 0.717) is 36.2 Å². The van der Waals surface area contributed by atoms with Gasteiger partial charge >= 0.3 is 0 Å². The SMILES string of the molecule is CCc1cc(-c2ccc(C)o2)n(-c2ccc(NCc3ccc(OCC[Si](C)(C)C)nc3)c([N+](=O)[O-])c2)n1. The molecule has 0 amide bonds. The molecule has 0 aliphatic rings. The molecule has 0 unspecified atom stereocenters. The average molecular weight is 520 g/mol. The number of aryl methyl sites for hydroxylation is 2. The van der Waals surface area contributed by atoms with E-state index in [1.807, 2.05) is 50.2 Å². The number of hydrogen-bond acceptors (Lipinski definition) is 7. The van der Waals surface area contributed by atoms with Crippen molar-refractivity contribution in [1.82, 2.24) is 14.8 Å². The van der Waals surface area contributed by atoms with Crippen molar-refractivity contribution in [2.45, 2.75) is 52.5 Å². The third-order valence-electron chi connectivity index (χ3n) is 5.92. The number of ether oxygens (including phenoxy) is 1. The molecule has 3 aromatic heterocycles. The number of benzene rings is 1. The number of nitro groups is 1. The van der Waals surface area contributed by atoms with Crippen molar-refractivity contribution in [3.8, 4) is 23.0 Å². The number of nitro benzene ring substituents is 1. The topological polar surface area (TPSA) is 108 Å². The lowest BCUT2D eigenvalue weighted by atomic mass is 10.2. The van der Waals surface area contributed by atoms with Crippen LogP contribution < -0.4 is 10.1 Å². The number of anilines is 1. The van der Waals surface area contributed by atoms with Crippen LogP contribution in [0.2, 0.25) is 25.7 Å². The minimum absolute atomic E-state index is 0.0353. The summed E-state index contributed by atoms with van der Waals surface area (Å²) in [5.74, 6) is 2.03. The molecule has 0 atom stereocenters. The van der Waals surface area contributed by atoms with Crippen molar-refractivity contribution < 1.29 is 14.1 Å². The van der Waals surface area contributed by atoms with Crippen molar-refractivity contribution in [2.24, 2.45) is 0 Å². The van der Waals surface area contributed by atoms with E-state index in [9.17, 15) is 10.1 Å². The van der Waals surface area contributed by atoms with Crippen molar-refractivity contribution in [1.29, 1.82) is 0 Å². The minimum Gasteiger partial charge on any atom is -0.478 e. The highest BCUT2D eigenvalue weighted by molar-refractivity contribution is 6.76. The van der Waals surface area contributed by atoms with Crippen LogP contribution in [0.5, 0.6) is 5.88 Å². The van der Waals surface area contributed by atoms with Gasteiger partial charge in [0.2, 0.25) is 5.88 Å². The first-order valence-electron chi connectivity index (χ1n) is 12.4. The third-order valence-corrected chi connectivity index (χ3v) is 7.62. The monoisotopic (exact) mass is 519 g/mol. The van der Waals surface area contributed by atoms with Gasteiger partial charge < -0.3 is 14.5 Å². The second-order valence-electron chi connectivity index (χ2n) is 10.2. The highest BCUT2D eigenvalue weighted by Gasteiger charge is 2.19. The van der Waals surface area contributed by atoms with Crippen LogP contribution in [0.4, 0.5) is 11.4 Å². The van der Waals surface area contributed by atoms with E-state index in [2.05, 4.69) is 35.0 Å². The molecule has 0 radical (unpaired) electrons. The molecule has 3 heterocycles. The summed E-state index contributed by atoms with van der Waals surface area (Å²) < 4.78 is 13.3. The minimum atomic E-state index is -1.16. The predicted molar refractivity (Wildman–Crippen MR) is 147 cm³/mol. The summed E-state index contributed by atoms with van der Waals surface area (Å²) in [6, 6.07) is 15.6. The van der Waals surface area contributed by atoms with Crippen LogP contribution in [-0.4, -0.2) is 34.4 Å². The van der Waals surface area contributed by atoms with Crippen molar-refractivity contribution in [3.63, 3.8) is 0 Å². The maximum atomic E-state index is 11.9. The number of aromatic nitrogens is 3. The van der Waals surface area contributed by atoms with Gasteiger partial charge in [-0.2, -0.15) is 5.10 Å². The fraction of sp³-hybridized carbons (Fsp3) is 0.333. The summed E-state index contributed by atoms with van der Waals surface area (Å²) >= 11 is 0. The third kappa shape index (κ3) is 6.65. The van der Waals surface area contributed by atoms with E-state index < -0.39 is 8.07 Å². The maximum Gasteiger partial charge on any atom is 0.294 e.